The average molecular weight is 323 g/mol. The van der Waals surface area contributed by atoms with Crippen molar-refractivity contribution in [1.29, 1.82) is 0 Å². The van der Waals surface area contributed by atoms with Crippen molar-refractivity contribution < 1.29 is 19.5 Å². The van der Waals surface area contributed by atoms with Crippen LogP contribution in [-0.2, 0) is 9.59 Å². The number of carbonyl (C=O) groups excluding carboxylic acids is 2. The zero-order valence-corrected chi connectivity index (χ0v) is 13.4. The Morgan fingerprint density at radius 2 is 2.17 bits per heavy atom. The zero-order valence-electron chi connectivity index (χ0n) is 13.4. The molecule has 0 bridgehead atoms. The molecule has 2 N–H and O–H groups in total. The van der Waals surface area contributed by atoms with E-state index in [0.717, 1.165) is 32.2 Å². The molecule has 23 heavy (non-hydrogen) atoms. The second-order valence-corrected chi connectivity index (χ2v) is 7.00. The molecule has 2 heterocycles. The Balaban J connectivity index is 1.43. The fraction of sp³-hybridized carbons (Fsp3) is 0.812. The summed E-state index contributed by atoms with van der Waals surface area (Å²) in [5.74, 6) is -0.470. The standard InChI is InChI=1S/C16H25N3O4/c20-13-5-2-8-18(13)9-3-7-17-15(23)19-10-12-4-1-6-16(12,11-19)14(21)22/h12H,1-11H2,(H,17,23)(H,21,22)/t12-,16+/m0/s1. The van der Waals surface area contributed by atoms with E-state index < -0.39 is 11.4 Å². The number of amides is 3. The van der Waals surface area contributed by atoms with Gasteiger partial charge in [-0.15, -0.1) is 0 Å². The summed E-state index contributed by atoms with van der Waals surface area (Å²) in [7, 11) is 0. The molecule has 0 aromatic carbocycles. The summed E-state index contributed by atoms with van der Waals surface area (Å²) >= 11 is 0. The largest absolute Gasteiger partial charge is 0.481 e. The van der Waals surface area contributed by atoms with Crippen molar-refractivity contribution in [1.82, 2.24) is 15.1 Å². The molecule has 128 valence electrons. The van der Waals surface area contributed by atoms with Gasteiger partial charge in [0, 0.05) is 39.1 Å². The van der Waals surface area contributed by atoms with Gasteiger partial charge in [-0.3, -0.25) is 9.59 Å². The lowest BCUT2D eigenvalue weighted by atomic mass is 9.81. The first kappa shape index (κ1) is 16.1. The summed E-state index contributed by atoms with van der Waals surface area (Å²) < 4.78 is 0. The normalized spacial score (nSPS) is 29.9. The van der Waals surface area contributed by atoms with Gasteiger partial charge in [-0.2, -0.15) is 0 Å². The minimum Gasteiger partial charge on any atom is -0.481 e. The number of hydrogen-bond donors (Lipinski definition) is 2. The van der Waals surface area contributed by atoms with Crippen molar-refractivity contribution >= 4 is 17.9 Å². The molecule has 3 aliphatic rings. The van der Waals surface area contributed by atoms with Crippen molar-refractivity contribution in [2.75, 3.05) is 32.7 Å². The fourth-order valence-corrected chi connectivity index (χ4v) is 4.31. The highest BCUT2D eigenvalue weighted by Gasteiger charge is 2.55. The molecule has 7 nitrogen and oxygen atoms in total. The average Bonchev–Trinajstić information content (AvgIpc) is 3.17. The summed E-state index contributed by atoms with van der Waals surface area (Å²) in [5.41, 5.74) is -0.723. The third kappa shape index (κ3) is 3.01. The molecule has 0 aromatic heterocycles. The number of urea groups is 1. The van der Waals surface area contributed by atoms with Crippen LogP contribution in [-0.4, -0.2) is 65.5 Å². The van der Waals surface area contributed by atoms with Gasteiger partial charge in [-0.1, -0.05) is 6.42 Å². The number of hydrogen-bond acceptors (Lipinski definition) is 3. The number of likely N-dealkylation sites (tertiary alicyclic amines) is 2. The van der Waals surface area contributed by atoms with E-state index in [0.29, 0.717) is 39.0 Å². The second-order valence-electron chi connectivity index (χ2n) is 7.00. The predicted octanol–water partition coefficient (Wildman–Crippen LogP) is 0.895. The Kier molecular flexibility index (Phi) is 4.46. The molecular formula is C16H25N3O4. The van der Waals surface area contributed by atoms with Gasteiger partial charge in [0.15, 0.2) is 0 Å². The highest BCUT2D eigenvalue weighted by atomic mass is 16.4. The Labute approximate surface area is 136 Å². The summed E-state index contributed by atoms with van der Waals surface area (Å²) in [5, 5.41) is 12.4. The van der Waals surface area contributed by atoms with E-state index in [1.54, 1.807) is 4.90 Å². The van der Waals surface area contributed by atoms with E-state index in [-0.39, 0.29) is 17.9 Å². The van der Waals surface area contributed by atoms with E-state index in [2.05, 4.69) is 5.32 Å². The van der Waals surface area contributed by atoms with Gasteiger partial charge in [0.05, 0.1) is 5.41 Å². The first-order valence-corrected chi connectivity index (χ1v) is 8.57. The van der Waals surface area contributed by atoms with Crippen LogP contribution >= 0.6 is 0 Å². The maximum Gasteiger partial charge on any atom is 0.317 e. The molecule has 2 aliphatic heterocycles. The van der Waals surface area contributed by atoms with Crippen molar-refractivity contribution in [3.05, 3.63) is 0 Å². The van der Waals surface area contributed by atoms with Gasteiger partial charge < -0.3 is 20.2 Å². The number of aliphatic carboxylic acids is 1. The molecule has 3 fully saturated rings. The molecule has 3 rings (SSSR count). The first-order chi connectivity index (χ1) is 11.0. The number of carbonyl (C=O) groups is 3. The molecule has 1 aliphatic carbocycles. The van der Waals surface area contributed by atoms with Crippen LogP contribution in [0.15, 0.2) is 0 Å². The van der Waals surface area contributed by atoms with Gasteiger partial charge in [0.25, 0.3) is 0 Å². The Morgan fingerprint density at radius 1 is 1.35 bits per heavy atom. The van der Waals surface area contributed by atoms with Crippen molar-refractivity contribution in [2.24, 2.45) is 11.3 Å². The van der Waals surface area contributed by atoms with Gasteiger partial charge in [0.2, 0.25) is 5.91 Å². The Bertz CT molecular complexity index is 510. The van der Waals surface area contributed by atoms with Crippen LogP contribution in [0.5, 0.6) is 0 Å². The molecular weight excluding hydrogens is 298 g/mol. The molecule has 1 saturated carbocycles. The van der Waals surface area contributed by atoms with Crippen LogP contribution < -0.4 is 5.32 Å². The van der Waals surface area contributed by atoms with Crippen molar-refractivity contribution in [3.8, 4) is 0 Å². The summed E-state index contributed by atoms with van der Waals surface area (Å²) in [6.07, 6.45) is 4.81. The van der Waals surface area contributed by atoms with E-state index in [1.165, 1.54) is 0 Å². The van der Waals surface area contributed by atoms with Crippen LogP contribution in [0.4, 0.5) is 4.79 Å². The first-order valence-electron chi connectivity index (χ1n) is 8.57. The van der Waals surface area contributed by atoms with Gasteiger partial charge in [-0.05, 0) is 31.6 Å². The van der Waals surface area contributed by atoms with E-state index in [4.69, 9.17) is 0 Å². The van der Waals surface area contributed by atoms with E-state index >= 15 is 0 Å². The van der Waals surface area contributed by atoms with Crippen molar-refractivity contribution in [2.45, 2.75) is 38.5 Å². The van der Waals surface area contributed by atoms with Gasteiger partial charge in [0.1, 0.15) is 0 Å². The minimum absolute atomic E-state index is 0.0907. The molecule has 2 atom stereocenters. The smallest absolute Gasteiger partial charge is 0.317 e. The third-order valence-electron chi connectivity index (χ3n) is 5.64. The summed E-state index contributed by atoms with van der Waals surface area (Å²) in [6.45, 7) is 2.89. The lowest BCUT2D eigenvalue weighted by Gasteiger charge is -2.23. The molecule has 0 unspecified atom stereocenters. The zero-order chi connectivity index (χ0) is 16.4. The minimum atomic E-state index is -0.761. The molecule has 0 radical (unpaired) electrons. The number of fused-ring (bicyclic) bond motifs is 1. The predicted molar refractivity (Wildman–Crippen MR) is 82.8 cm³/mol. The molecule has 0 aromatic rings. The quantitative estimate of drug-likeness (QED) is 0.736. The third-order valence-corrected chi connectivity index (χ3v) is 5.64. The van der Waals surface area contributed by atoms with Gasteiger partial charge >= 0.3 is 12.0 Å². The second kappa shape index (κ2) is 6.37. The highest BCUT2D eigenvalue weighted by Crippen LogP contribution is 2.48. The fourth-order valence-electron chi connectivity index (χ4n) is 4.31. The molecule has 0 spiro atoms. The number of carboxylic acids is 1. The number of nitrogens with one attached hydrogen (secondary N) is 1. The van der Waals surface area contributed by atoms with Gasteiger partial charge in [-0.25, -0.2) is 4.79 Å². The number of nitrogens with zero attached hydrogens (tertiary/aromatic N) is 2. The molecule has 3 amide bonds. The van der Waals surface area contributed by atoms with E-state index in [9.17, 15) is 19.5 Å². The van der Waals surface area contributed by atoms with Crippen LogP contribution in [0, 0.1) is 11.3 Å². The van der Waals surface area contributed by atoms with Crippen LogP contribution in [0.2, 0.25) is 0 Å². The monoisotopic (exact) mass is 323 g/mol. The summed E-state index contributed by atoms with van der Waals surface area (Å²) in [4.78, 5) is 38.8. The van der Waals surface area contributed by atoms with Crippen LogP contribution in [0.3, 0.4) is 0 Å². The number of rotatable bonds is 5. The lowest BCUT2D eigenvalue weighted by Crippen LogP contribution is -2.42. The topological polar surface area (TPSA) is 90.0 Å². The van der Waals surface area contributed by atoms with Crippen molar-refractivity contribution in [3.63, 3.8) is 0 Å². The molecule has 2 saturated heterocycles. The highest BCUT2D eigenvalue weighted by molar-refractivity contribution is 5.80. The maximum absolute atomic E-state index is 12.2. The van der Waals surface area contributed by atoms with Crippen LogP contribution in [0.1, 0.15) is 38.5 Å². The Morgan fingerprint density at radius 3 is 2.83 bits per heavy atom. The van der Waals surface area contributed by atoms with E-state index in [1.807, 2.05) is 4.90 Å². The molecule has 7 heteroatoms. The summed E-state index contributed by atoms with van der Waals surface area (Å²) in [6, 6.07) is -0.173. The Hall–Kier alpha value is -1.79. The van der Waals surface area contributed by atoms with Crippen LogP contribution in [0.25, 0.3) is 0 Å². The SMILES string of the molecule is O=C1CCCN1CCCNC(=O)N1C[C@@H]2CCC[C@@]2(C(=O)O)C1. The maximum atomic E-state index is 12.2. The number of carboxylic acid groups (broad SMARTS) is 1. The lowest BCUT2D eigenvalue weighted by molar-refractivity contribution is -0.149.